The summed E-state index contributed by atoms with van der Waals surface area (Å²) in [6, 6.07) is 11.6. The van der Waals surface area contributed by atoms with Gasteiger partial charge in [-0.1, -0.05) is 34.3 Å². The number of nitrogens with two attached hydrogens (primary N) is 1. The van der Waals surface area contributed by atoms with E-state index < -0.39 is 0 Å². The van der Waals surface area contributed by atoms with Gasteiger partial charge in [0.25, 0.3) is 0 Å². The van der Waals surface area contributed by atoms with E-state index in [4.69, 9.17) is 31.8 Å². The Kier molecular flexibility index (Phi) is 16.7. The van der Waals surface area contributed by atoms with Gasteiger partial charge < -0.3 is 30.3 Å². The average Bonchev–Trinajstić information content (AvgIpc) is 4.28. The standard InChI is InChI=1S/C25H30N8OS.C18H20ClN5.C7H11N3OS/c1-4-13-34-22(6-1)24-30-31-25(35-24)29-23-8-7-20-21(28-23)14-18(15-26-20)19-16-27-33(17-19)12-5-11-32-9-2-3-10-32;19-18-5-4-16-17(22-18)10-14(11-20-16)15-12-21-24(13-15)9-3-8-23-6-1-2-7-23;8-7-10-9-6(12-7)5-3-1-2-4-11-5/h7-8,14-17,22H,1-6,9-13H2,(H,28,29,31);4-5,10-13H,1-3,6-9H2;5H,1-4H2,(H2,8,10). The summed E-state index contributed by atoms with van der Waals surface area (Å²) in [6.45, 7) is 10.8. The maximum atomic E-state index is 5.97. The topological polar surface area (TPSA) is 202 Å². The number of nitrogens with one attached hydrogen (secondary N) is 1. The molecular weight excluding hydrogens is 956 g/mol. The largest absolute Gasteiger partial charge is 0.374 e. The number of hydrogen-bond acceptors (Lipinski definition) is 18. The minimum atomic E-state index is 0.0641. The quantitative estimate of drug-likeness (QED) is 0.0974. The van der Waals surface area contributed by atoms with E-state index in [1.54, 1.807) is 6.07 Å². The number of aromatic nitrogens is 12. The van der Waals surface area contributed by atoms with Gasteiger partial charge in [-0.3, -0.25) is 19.3 Å². The highest BCUT2D eigenvalue weighted by molar-refractivity contribution is 7.15. The number of nitrogen functional groups attached to an aromatic ring is 1. The third kappa shape index (κ3) is 13.5. The first kappa shape index (κ1) is 49.0. The van der Waals surface area contributed by atoms with Gasteiger partial charge in [-0.05, 0) is 153 Å². The van der Waals surface area contributed by atoms with Crippen LogP contribution in [0.15, 0.2) is 73.6 Å². The van der Waals surface area contributed by atoms with Gasteiger partial charge in [-0.2, -0.15) is 10.2 Å². The number of ether oxygens (including phenoxy) is 2. The lowest BCUT2D eigenvalue weighted by Gasteiger charge is -2.19. The van der Waals surface area contributed by atoms with Gasteiger partial charge in [0, 0.05) is 73.3 Å². The molecule has 372 valence electrons. The zero-order valence-corrected chi connectivity index (χ0v) is 42.4. The summed E-state index contributed by atoms with van der Waals surface area (Å²) in [5.74, 6) is 0.723. The number of hydrogen-bond donors (Lipinski definition) is 2. The van der Waals surface area contributed by atoms with Crippen molar-refractivity contribution in [3.63, 3.8) is 0 Å². The molecule has 71 heavy (non-hydrogen) atoms. The normalized spacial score (nSPS) is 18.6. The molecule has 0 amide bonds. The van der Waals surface area contributed by atoms with Crippen LogP contribution in [0, 0.1) is 0 Å². The lowest BCUT2D eigenvalue weighted by molar-refractivity contribution is 0.0143. The number of rotatable bonds is 14. The second kappa shape index (κ2) is 24.2. The molecule has 12 heterocycles. The van der Waals surface area contributed by atoms with Crippen LogP contribution in [0.5, 0.6) is 0 Å². The van der Waals surface area contributed by atoms with Gasteiger partial charge in [-0.15, -0.1) is 20.4 Å². The first-order valence-corrected chi connectivity index (χ1v) is 27.1. The Hall–Kier alpha value is -5.61. The molecule has 2 unspecified atom stereocenters. The molecule has 4 aliphatic rings. The number of fused-ring (bicyclic) bond motifs is 2. The van der Waals surface area contributed by atoms with Crippen molar-refractivity contribution in [3.05, 3.63) is 88.7 Å². The highest BCUT2D eigenvalue weighted by Crippen LogP contribution is 2.33. The first-order valence-electron chi connectivity index (χ1n) is 25.1. The zero-order chi connectivity index (χ0) is 48.2. The number of halogens is 1. The minimum Gasteiger partial charge on any atom is -0.374 e. The minimum absolute atomic E-state index is 0.0641. The van der Waals surface area contributed by atoms with E-state index in [1.807, 2.05) is 58.4 Å². The molecule has 0 saturated carbocycles. The highest BCUT2D eigenvalue weighted by Gasteiger charge is 2.22. The van der Waals surface area contributed by atoms with Crippen molar-refractivity contribution < 1.29 is 9.47 Å². The number of anilines is 3. The fourth-order valence-corrected chi connectivity index (χ4v) is 11.0. The molecule has 18 nitrogen and oxygen atoms in total. The molecule has 21 heteroatoms. The predicted molar refractivity (Wildman–Crippen MR) is 280 cm³/mol. The maximum absolute atomic E-state index is 5.97. The number of aryl methyl sites for hydroxylation is 2. The van der Waals surface area contributed by atoms with Gasteiger partial charge in [0.2, 0.25) is 10.3 Å². The van der Waals surface area contributed by atoms with Crippen molar-refractivity contribution in [1.29, 1.82) is 0 Å². The summed E-state index contributed by atoms with van der Waals surface area (Å²) in [4.78, 5) is 23.3. The third-order valence-corrected chi connectivity index (χ3v) is 15.1. The molecule has 8 aromatic heterocycles. The lowest BCUT2D eigenvalue weighted by atomic mass is 10.1. The van der Waals surface area contributed by atoms with Gasteiger partial charge in [0.15, 0.2) is 0 Å². The fraction of sp³-hybridized carbons (Fsp3) is 0.480. The molecule has 0 radical (unpaired) electrons. The van der Waals surface area contributed by atoms with Crippen LogP contribution >= 0.6 is 34.3 Å². The van der Waals surface area contributed by atoms with Crippen LogP contribution in [0.4, 0.5) is 16.1 Å². The number of likely N-dealkylation sites (tertiary alicyclic amines) is 2. The van der Waals surface area contributed by atoms with Crippen molar-refractivity contribution in [2.24, 2.45) is 0 Å². The van der Waals surface area contributed by atoms with Crippen LogP contribution in [0.1, 0.15) is 99.3 Å². The smallest absolute Gasteiger partial charge is 0.211 e. The molecule has 4 saturated heterocycles. The summed E-state index contributed by atoms with van der Waals surface area (Å²) in [5.41, 5.74) is 13.0. The van der Waals surface area contributed by atoms with E-state index >= 15 is 0 Å². The van der Waals surface area contributed by atoms with Crippen LogP contribution in [0.25, 0.3) is 44.3 Å². The van der Waals surface area contributed by atoms with Crippen LogP contribution < -0.4 is 11.1 Å². The van der Waals surface area contributed by atoms with Gasteiger partial charge in [-0.25, -0.2) is 9.97 Å². The molecule has 4 fully saturated rings. The summed E-state index contributed by atoms with van der Waals surface area (Å²) < 4.78 is 15.4. The van der Waals surface area contributed by atoms with Gasteiger partial charge in [0.1, 0.15) is 33.2 Å². The Bertz CT molecular complexity index is 2940. The second-order valence-corrected chi connectivity index (χ2v) is 20.8. The average molecular weight is 1020 g/mol. The van der Waals surface area contributed by atoms with Crippen LogP contribution in [0.3, 0.4) is 0 Å². The van der Waals surface area contributed by atoms with Crippen molar-refractivity contribution in [1.82, 2.24) is 69.7 Å². The summed E-state index contributed by atoms with van der Waals surface area (Å²) in [5, 5.41) is 32.3. The van der Waals surface area contributed by atoms with Gasteiger partial charge in [0.05, 0.1) is 34.5 Å². The fourth-order valence-electron chi connectivity index (χ4n) is 9.34. The Morgan fingerprint density at radius 1 is 0.577 bits per heavy atom. The monoisotopic (exact) mass is 1020 g/mol. The van der Waals surface area contributed by atoms with Crippen LogP contribution in [-0.4, -0.2) is 122 Å². The Labute approximate surface area is 426 Å². The summed E-state index contributed by atoms with van der Waals surface area (Å²) in [6.07, 6.45) is 26.3. The van der Waals surface area contributed by atoms with E-state index in [2.05, 4.69) is 79.1 Å². The van der Waals surface area contributed by atoms with E-state index in [9.17, 15) is 0 Å². The predicted octanol–water partition coefficient (Wildman–Crippen LogP) is 9.81. The molecule has 0 aliphatic carbocycles. The van der Waals surface area contributed by atoms with Crippen molar-refractivity contribution in [2.45, 2.75) is 102 Å². The van der Waals surface area contributed by atoms with E-state index in [0.29, 0.717) is 10.3 Å². The third-order valence-electron chi connectivity index (χ3n) is 13.1. The van der Waals surface area contributed by atoms with Crippen LogP contribution in [0.2, 0.25) is 5.15 Å². The lowest BCUT2D eigenvalue weighted by Crippen LogP contribution is -2.21. The summed E-state index contributed by atoms with van der Waals surface area (Å²) in [7, 11) is 0. The van der Waals surface area contributed by atoms with Crippen molar-refractivity contribution in [3.8, 4) is 22.3 Å². The number of pyridine rings is 4. The SMILES string of the molecule is Clc1ccc2ncc(-c3cnn(CCCN4CCCC4)c3)cc2n1.Nc1nnc(C2CCCCO2)s1.c1nc2ccc(Nc3nnc(C4CCCCO4)s3)nc2cc1-c1cnn(CCCN2CCCC2)c1. The molecule has 8 aromatic rings. The molecule has 3 N–H and O–H groups in total. The van der Waals surface area contributed by atoms with Gasteiger partial charge >= 0.3 is 0 Å². The Balaban J connectivity index is 0.000000139. The molecule has 0 aromatic carbocycles. The molecule has 4 aliphatic heterocycles. The van der Waals surface area contributed by atoms with E-state index in [1.165, 1.54) is 87.4 Å². The molecule has 0 bridgehead atoms. The Morgan fingerprint density at radius 2 is 1.13 bits per heavy atom. The Morgan fingerprint density at radius 3 is 1.68 bits per heavy atom. The van der Waals surface area contributed by atoms with E-state index in [-0.39, 0.29) is 12.2 Å². The second-order valence-electron chi connectivity index (χ2n) is 18.4. The maximum Gasteiger partial charge on any atom is 0.211 e. The number of nitrogens with zero attached hydrogens (tertiary/aromatic N) is 14. The molecular formula is C50H61ClN16O2S2. The molecule has 12 rings (SSSR count). The molecule has 2 atom stereocenters. The van der Waals surface area contributed by atoms with Crippen LogP contribution in [-0.2, 0) is 22.6 Å². The van der Waals surface area contributed by atoms with E-state index in [0.717, 1.165) is 143 Å². The zero-order valence-electron chi connectivity index (χ0n) is 40.0. The summed E-state index contributed by atoms with van der Waals surface area (Å²) >= 11 is 8.93. The highest BCUT2D eigenvalue weighted by atomic mass is 35.5. The van der Waals surface area contributed by atoms with Crippen molar-refractivity contribution in [2.75, 3.05) is 63.5 Å². The molecule has 0 spiro atoms. The van der Waals surface area contributed by atoms with Crippen molar-refractivity contribution >= 4 is 72.4 Å². The first-order chi connectivity index (χ1) is 34.9.